The Balaban J connectivity index is 1.71. The number of benzene rings is 2. The van der Waals surface area contributed by atoms with Crippen molar-refractivity contribution in [3.63, 3.8) is 0 Å². The van der Waals surface area contributed by atoms with E-state index in [1.807, 2.05) is 54.6 Å². The zero-order valence-electron chi connectivity index (χ0n) is 13.6. The highest BCUT2D eigenvalue weighted by molar-refractivity contribution is 7.98. The highest BCUT2D eigenvalue weighted by atomic mass is 35.5. The molecule has 26 heavy (non-hydrogen) atoms. The van der Waals surface area contributed by atoms with E-state index in [4.69, 9.17) is 17.3 Å². The molecule has 0 spiro atoms. The van der Waals surface area contributed by atoms with Crippen LogP contribution in [0.4, 0.5) is 11.6 Å². The van der Waals surface area contributed by atoms with Gasteiger partial charge in [-0.1, -0.05) is 29.8 Å². The Labute approximate surface area is 159 Å². The zero-order valence-corrected chi connectivity index (χ0v) is 15.2. The molecule has 0 aliphatic carbocycles. The lowest BCUT2D eigenvalue weighted by Crippen LogP contribution is -2.22. The summed E-state index contributed by atoms with van der Waals surface area (Å²) in [6.45, 7) is 0. The Morgan fingerprint density at radius 2 is 1.92 bits per heavy atom. The number of para-hydroxylation sites is 1. The molecule has 2 aromatic carbocycles. The molecular formula is C18H16ClN5OS. The van der Waals surface area contributed by atoms with Gasteiger partial charge in [0, 0.05) is 27.4 Å². The second-order valence-electron chi connectivity index (χ2n) is 5.29. The quantitative estimate of drug-likeness (QED) is 0.353. The number of aromatic amines is 1. The highest BCUT2D eigenvalue weighted by Gasteiger charge is 2.04. The Morgan fingerprint density at radius 3 is 2.65 bits per heavy atom. The second-order valence-corrected chi connectivity index (χ2v) is 6.78. The van der Waals surface area contributed by atoms with Crippen LogP contribution >= 0.6 is 23.4 Å². The van der Waals surface area contributed by atoms with Crippen LogP contribution in [-0.4, -0.2) is 15.9 Å². The van der Waals surface area contributed by atoms with Crippen LogP contribution in [-0.2, 0) is 5.75 Å². The summed E-state index contributed by atoms with van der Waals surface area (Å²) in [7, 11) is 0. The van der Waals surface area contributed by atoms with Crippen molar-refractivity contribution in [1.82, 2.24) is 9.97 Å². The molecule has 0 amide bonds. The summed E-state index contributed by atoms with van der Waals surface area (Å²) in [5.41, 5.74) is 7.00. The van der Waals surface area contributed by atoms with Crippen LogP contribution in [0.2, 0.25) is 5.02 Å². The van der Waals surface area contributed by atoms with E-state index in [1.54, 1.807) is 11.8 Å². The number of rotatable bonds is 5. The van der Waals surface area contributed by atoms with Gasteiger partial charge in [-0.05, 0) is 36.4 Å². The summed E-state index contributed by atoms with van der Waals surface area (Å²) >= 11 is 7.43. The first-order chi connectivity index (χ1) is 12.6. The van der Waals surface area contributed by atoms with Gasteiger partial charge >= 0.3 is 0 Å². The van der Waals surface area contributed by atoms with Crippen LogP contribution in [0, 0.1) is 0 Å². The van der Waals surface area contributed by atoms with Crippen molar-refractivity contribution in [3.8, 4) is 0 Å². The topological polar surface area (TPSA) is 96.2 Å². The van der Waals surface area contributed by atoms with Gasteiger partial charge in [0.15, 0.2) is 0 Å². The van der Waals surface area contributed by atoms with Crippen LogP contribution in [0.3, 0.4) is 0 Å². The first-order valence-corrected chi connectivity index (χ1v) is 9.10. The predicted molar refractivity (Wildman–Crippen MR) is 107 cm³/mol. The van der Waals surface area contributed by atoms with Gasteiger partial charge in [0.2, 0.25) is 11.9 Å². The second kappa shape index (κ2) is 8.55. The molecule has 0 atom stereocenters. The lowest BCUT2D eigenvalue weighted by atomic mass is 10.3. The fourth-order valence-corrected chi connectivity index (χ4v) is 3.04. The average molecular weight is 386 g/mol. The maximum atomic E-state index is 11.9. The van der Waals surface area contributed by atoms with E-state index in [9.17, 15) is 4.79 Å². The maximum Gasteiger partial charge on any atom is 0.252 e. The lowest BCUT2D eigenvalue weighted by Gasteiger charge is -2.05. The van der Waals surface area contributed by atoms with E-state index in [-0.39, 0.29) is 17.5 Å². The third-order valence-corrected chi connectivity index (χ3v) is 4.55. The molecule has 132 valence electrons. The fraction of sp³-hybridized carbons (Fsp3) is 0.0556. The minimum Gasteiger partial charge on any atom is -0.369 e. The van der Waals surface area contributed by atoms with Crippen molar-refractivity contribution >= 4 is 41.0 Å². The Kier molecular flexibility index (Phi) is 5.93. The number of H-pyrrole nitrogens is 1. The molecule has 1 heterocycles. The number of nitrogens with two attached hydrogens (primary N) is 1. The third kappa shape index (κ3) is 5.37. The summed E-state index contributed by atoms with van der Waals surface area (Å²) in [4.78, 5) is 23.9. The first-order valence-electron chi connectivity index (χ1n) is 7.73. The van der Waals surface area contributed by atoms with Crippen LogP contribution in [0.1, 0.15) is 5.69 Å². The number of nitrogens with zero attached hydrogens (tertiary/aromatic N) is 2. The number of guanidine groups is 1. The molecule has 0 unspecified atom stereocenters. The number of anilines is 1. The smallest absolute Gasteiger partial charge is 0.252 e. The summed E-state index contributed by atoms with van der Waals surface area (Å²) < 4.78 is 0. The number of thioether (sulfide) groups is 1. The zero-order chi connectivity index (χ0) is 18.4. The molecule has 0 fully saturated rings. The van der Waals surface area contributed by atoms with E-state index in [0.29, 0.717) is 16.5 Å². The Morgan fingerprint density at radius 1 is 1.19 bits per heavy atom. The molecule has 4 N–H and O–H groups in total. The SMILES string of the molecule is N/C(=N\c1nc(CSc2ccc(Cl)cc2)cc(=O)[nH]1)Nc1ccccc1. The summed E-state index contributed by atoms with van der Waals surface area (Å²) in [5.74, 6) is 0.826. The first kappa shape index (κ1) is 18.0. The fourth-order valence-electron chi connectivity index (χ4n) is 2.12. The number of halogens is 1. The molecule has 0 aliphatic heterocycles. The standard InChI is InChI=1S/C18H16ClN5OS/c19-12-6-8-15(9-7-12)26-11-14-10-16(25)23-18(22-14)24-17(20)21-13-4-2-1-3-5-13/h1-10H,11H2,(H4,20,21,22,23,24,25). The van der Waals surface area contributed by atoms with E-state index in [0.717, 1.165) is 10.6 Å². The van der Waals surface area contributed by atoms with Gasteiger partial charge in [0.25, 0.3) is 5.56 Å². The average Bonchev–Trinajstić information content (AvgIpc) is 2.61. The van der Waals surface area contributed by atoms with E-state index in [2.05, 4.69) is 20.3 Å². The maximum absolute atomic E-state index is 11.9. The van der Waals surface area contributed by atoms with Crippen molar-refractivity contribution in [1.29, 1.82) is 0 Å². The summed E-state index contributed by atoms with van der Waals surface area (Å²) in [6.07, 6.45) is 0. The van der Waals surface area contributed by atoms with Crippen LogP contribution in [0.25, 0.3) is 0 Å². The van der Waals surface area contributed by atoms with Crippen molar-refractivity contribution in [2.45, 2.75) is 10.6 Å². The molecule has 0 aliphatic rings. The van der Waals surface area contributed by atoms with Crippen LogP contribution in [0.5, 0.6) is 0 Å². The Hall–Kier alpha value is -2.77. The van der Waals surface area contributed by atoms with E-state index >= 15 is 0 Å². The molecule has 0 saturated carbocycles. The van der Waals surface area contributed by atoms with Crippen molar-refractivity contribution in [2.24, 2.45) is 10.7 Å². The van der Waals surface area contributed by atoms with Gasteiger partial charge in [0.05, 0.1) is 5.69 Å². The molecule has 0 bridgehead atoms. The highest BCUT2D eigenvalue weighted by Crippen LogP contribution is 2.23. The van der Waals surface area contributed by atoms with Gasteiger partial charge in [0.1, 0.15) is 0 Å². The summed E-state index contributed by atoms with van der Waals surface area (Å²) in [6, 6.07) is 18.3. The summed E-state index contributed by atoms with van der Waals surface area (Å²) in [5, 5.41) is 3.62. The number of hydrogen-bond acceptors (Lipinski definition) is 4. The van der Waals surface area contributed by atoms with E-state index in [1.165, 1.54) is 6.07 Å². The van der Waals surface area contributed by atoms with Gasteiger partial charge in [-0.3, -0.25) is 9.78 Å². The van der Waals surface area contributed by atoms with Gasteiger partial charge in [-0.25, -0.2) is 4.98 Å². The van der Waals surface area contributed by atoms with Crippen molar-refractivity contribution < 1.29 is 0 Å². The van der Waals surface area contributed by atoms with Crippen molar-refractivity contribution in [3.05, 3.63) is 81.7 Å². The van der Waals surface area contributed by atoms with Crippen LogP contribution < -0.4 is 16.6 Å². The molecule has 0 radical (unpaired) electrons. The Bertz CT molecular complexity index is 957. The minimum absolute atomic E-state index is 0.141. The largest absolute Gasteiger partial charge is 0.369 e. The van der Waals surface area contributed by atoms with Crippen LogP contribution in [0.15, 0.2) is 75.3 Å². The number of nitrogens with one attached hydrogen (secondary N) is 2. The van der Waals surface area contributed by atoms with Gasteiger partial charge in [-0.2, -0.15) is 4.99 Å². The number of hydrogen-bond donors (Lipinski definition) is 3. The minimum atomic E-state index is -0.280. The predicted octanol–water partition coefficient (Wildman–Crippen LogP) is 3.77. The molecule has 8 heteroatoms. The van der Waals surface area contributed by atoms with Gasteiger partial charge < -0.3 is 11.1 Å². The monoisotopic (exact) mass is 385 g/mol. The normalized spacial score (nSPS) is 11.3. The number of aromatic nitrogens is 2. The molecule has 3 rings (SSSR count). The number of aliphatic imine (C=N–C) groups is 1. The van der Waals surface area contributed by atoms with Gasteiger partial charge in [-0.15, -0.1) is 11.8 Å². The molecule has 6 nitrogen and oxygen atoms in total. The van der Waals surface area contributed by atoms with E-state index < -0.39 is 0 Å². The van der Waals surface area contributed by atoms with Crippen molar-refractivity contribution in [2.75, 3.05) is 5.32 Å². The molecule has 3 aromatic rings. The lowest BCUT2D eigenvalue weighted by molar-refractivity contribution is 1.04. The molecule has 1 aromatic heterocycles. The third-order valence-electron chi connectivity index (χ3n) is 3.26. The molecular weight excluding hydrogens is 370 g/mol. The molecule has 0 saturated heterocycles.